The van der Waals surface area contributed by atoms with Crippen LogP contribution in [-0.4, -0.2) is 24.8 Å². The van der Waals surface area contributed by atoms with Gasteiger partial charge in [-0.1, -0.05) is 12.8 Å². The Kier molecular flexibility index (Phi) is 3.45. The number of rotatable bonds is 3. The monoisotopic (exact) mass is 197 g/mol. The Bertz CT molecular complexity index is 177. The van der Waals surface area contributed by atoms with Crippen LogP contribution in [0.2, 0.25) is 0 Å². The average molecular weight is 197 g/mol. The van der Waals surface area contributed by atoms with Crippen LogP contribution < -0.4 is 5.32 Å². The fourth-order valence-corrected chi connectivity index (χ4v) is 2.88. The molecule has 0 aromatic carbocycles. The highest BCUT2D eigenvalue weighted by atomic mass is 16.5. The van der Waals surface area contributed by atoms with Crippen molar-refractivity contribution in [1.82, 2.24) is 5.32 Å². The van der Waals surface area contributed by atoms with Gasteiger partial charge in [0.1, 0.15) is 0 Å². The van der Waals surface area contributed by atoms with Crippen LogP contribution >= 0.6 is 0 Å². The van der Waals surface area contributed by atoms with Gasteiger partial charge in [0.25, 0.3) is 0 Å². The minimum atomic E-state index is 0.416. The van der Waals surface area contributed by atoms with Gasteiger partial charge in [0.15, 0.2) is 0 Å². The van der Waals surface area contributed by atoms with E-state index in [4.69, 9.17) is 4.74 Å². The Balaban J connectivity index is 1.78. The van der Waals surface area contributed by atoms with Crippen molar-refractivity contribution in [2.24, 2.45) is 5.92 Å². The van der Waals surface area contributed by atoms with Crippen molar-refractivity contribution in [3.63, 3.8) is 0 Å². The van der Waals surface area contributed by atoms with Crippen LogP contribution in [0.5, 0.6) is 0 Å². The summed E-state index contributed by atoms with van der Waals surface area (Å²) in [5.41, 5.74) is 0. The van der Waals surface area contributed by atoms with Crippen LogP contribution in [0.1, 0.15) is 46.0 Å². The van der Waals surface area contributed by atoms with Crippen LogP contribution in [0, 0.1) is 5.92 Å². The standard InChI is InChI=1S/C12H23NO/c1-9(11-5-3-4-6-11)13-12-7-8-14-10(12)2/h9-13H,3-8H2,1-2H3. The molecule has 1 N–H and O–H groups in total. The highest BCUT2D eigenvalue weighted by Gasteiger charge is 2.28. The molecular formula is C12H23NO. The second-order valence-corrected chi connectivity index (χ2v) is 4.97. The van der Waals surface area contributed by atoms with Crippen molar-refractivity contribution in [3.8, 4) is 0 Å². The van der Waals surface area contributed by atoms with Crippen molar-refractivity contribution in [1.29, 1.82) is 0 Å². The minimum Gasteiger partial charge on any atom is -0.377 e. The molecule has 3 unspecified atom stereocenters. The maximum Gasteiger partial charge on any atom is 0.0700 e. The molecule has 82 valence electrons. The quantitative estimate of drug-likeness (QED) is 0.750. The second-order valence-electron chi connectivity index (χ2n) is 4.97. The number of hydrogen-bond donors (Lipinski definition) is 1. The lowest BCUT2D eigenvalue weighted by Gasteiger charge is -2.26. The van der Waals surface area contributed by atoms with Gasteiger partial charge in [-0.2, -0.15) is 0 Å². The van der Waals surface area contributed by atoms with Gasteiger partial charge in [-0.3, -0.25) is 0 Å². The number of hydrogen-bond acceptors (Lipinski definition) is 2. The van der Waals surface area contributed by atoms with E-state index in [1.807, 2.05) is 0 Å². The summed E-state index contributed by atoms with van der Waals surface area (Å²) in [7, 11) is 0. The van der Waals surface area contributed by atoms with Gasteiger partial charge >= 0.3 is 0 Å². The molecule has 1 saturated carbocycles. The topological polar surface area (TPSA) is 21.3 Å². The van der Waals surface area contributed by atoms with E-state index in [0.717, 1.165) is 12.5 Å². The van der Waals surface area contributed by atoms with E-state index in [1.165, 1.54) is 32.1 Å². The smallest absolute Gasteiger partial charge is 0.0700 e. The molecule has 2 aliphatic rings. The zero-order chi connectivity index (χ0) is 9.97. The molecule has 0 amide bonds. The Morgan fingerprint density at radius 1 is 1.21 bits per heavy atom. The van der Waals surface area contributed by atoms with E-state index in [0.29, 0.717) is 18.2 Å². The van der Waals surface area contributed by atoms with Crippen molar-refractivity contribution in [2.45, 2.75) is 64.1 Å². The molecule has 14 heavy (non-hydrogen) atoms. The van der Waals surface area contributed by atoms with Crippen molar-refractivity contribution in [2.75, 3.05) is 6.61 Å². The highest BCUT2D eigenvalue weighted by molar-refractivity contribution is 4.85. The lowest BCUT2D eigenvalue weighted by atomic mass is 9.98. The van der Waals surface area contributed by atoms with Crippen LogP contribution in [0.15, 0.2) is 0 Å². The van der Waals surface area contributed by atoms with E-state index in [9.17, 15) is 0 Å². The molecule has 0 radical (unpaired) electrons. The van der Waals surface area contributed by atoms with Gasteiger partial charge in [-0.15, -0.1) is 0 Å². The summed E-state index contributed by atoms with van der Waals surface area (Å²) < 4.78 is 5.57. The number of ether oxygens (including phenoxy) is 1. The van der Waals surface area contributed by atoms with Gasteiger partial charge in [-0.05, 0) is 39.0 Å². The van der Waals surface area contributed by atoms with Crippen LogP contribution in [0.3, 0.4) is 0 Å². The summed E-state index contributed by atoms with van der Waals surface area (Å²) >= 11 is 0. The van der Waals surface area contributed by atoms with E-state index >= 15 is 0 Å². The first-order chi connectivity index (χ1) is 6.77. The summed E-state index contributed by atoms with van der Waals surface area (Å²) in [4.78, 5) is 0. The summed E-state index contributed by atoms with van der Waals surface area (Å²) in [5.74, 6) is 0.919. The molecule has 1 saturated heterocycles. The van der Waals surface area contributed by atoms with Crippen molar-refractivity contribution < 1.29 is 4.74 Å². The number of nitrogens with one attached hydrogen (secondary N) is 1. The molecule has 2 fully saturated rings. The normalized spacial score (nSPS) is 36.4. The van der Waals surface area contributed by atoms with E-state index < -0.39 is 0 Å². The maximum absolute atomic E-state index is 5.57. The molecular weight excluding hydrogens is 174 g/mol. The molecule has 2 heteroatoms. The lowest BCUT2D eigenvalue weighted by molar-refractivity contribution is 0.109. The molecule has 0 aromatic rings. The van der Waals surface area contributed by atoms with E-state index in [1.54, 1.807) is 0 Å². The second kappa shape index (κ2) is 4.63. The third-order valence-electron chi connectivity index (χ3n) is 3.96. The molecule has 1 aliphatic heterocycles. The average Bonchev–Trinajstić information content (AvgIpc) is 2.77. The van der Waals surface area contributed by atoms with Crippen molar-refractivity contribution in [3.05, 3.63) is 0 Å². The van der Waals surface area contributed by atoms with Gasteiger partial charge in [-0.25, -0.2) is 0 Å². The van der Waals surface area contributed by atoms with Gasteiger partial charge in [0.2, 0.25) is 0 Å². The lowest BCUT2D eigenvalue weighted by Crippen LogP contribution is -2.43. The molecule has 1 heterocycles. The zero-order valence-corrected chi connectivity index (χ0v) is 9.46. The summed E-state index contributed by atoms with van der Waals surface area (Å²) in [6.07, 6.45) is 7.34. The van der Waals surface area contributed by atoms with Crippen molar-refractivity contribution >= 4 is 0 Å². The summed E-state index contributed by atoms with van der Waals surface area (Å²) in [6.45, 7) is 5.48. The molecule has 0 bridgehead atoms. The zero-order valence-electron chi connectivity index (χ0n) is 9.46. The van der Waals surface area contributed by atoms with Crippen LogP contribution in [-0.2, 0) is 4.74 Å². The predicted molar refractivity (Wildman–Crippen MR) is 58.4 cm³/mol. The predicted octanol–water partition coefficient (Wildman–Crippen LogP) is 2.33. The molecule has 1 aliphatic carbocycles. The Labute approximate surface area is 87.4 Å². The first-order valence-electron chi connectivity index (χ1n) is 6.15. The molecule has 2 rings (SSSR count). The van der Waals surface area contributed by atoms with Crippen LogP contribution in [0.4, 0.5) is 0 Å². The first-order valence-corrected chi connectivity index (χ1v) is 6.15. The summed E-state index contributed by atoms with van der Waals surface area (Å²) in [5, 5.41) is 3.75. The fourth-order valence-electron chi connectivity index (χ4n) is 2.88. The molecule has 0 spiro atoms. The SMILES string of the molecule is CC(NC1CCOC1C)C1CCCC1. The molecule has 3 atom stereocenters. The van der Waals surface area contributed by atoms with Crippen LogP contribution in [0.25, 0.3) is 0 Å². The van der Waals surface area contributed by atoms with Gasteiger partial charge in [0, 0.05) is 18.7 Å². The Hall–Kier alpha value is -0.0800. The third kappa shape index (κ3) is 2.29. The van der Waals surface area contributed by atoms with Gasteiger partial charge in [0.05, 0.1) is 6.10 Å². The van der Waals surface area contributed by atoms with Gasteiger partial charge < -0.3 is 10.1 Å². The molecule has 2 nitrogen and oxygen atoms in total. The molecule has 0 aromatic heterocycles. The first kappa shape index (κ1) is 10.4. The Morgan fingerprint density at radius 2 is 1.93 bits per heavy atom. The van der Waals surface area contributed by atoms with E-state index in [2.05, 4.69) is 19.2 Å². The summed E-state index contributed by atoms with van der Waals surface area (Å²) in [6, 6.07) is 1.29. The van der Waals surface area contributed by atoms with E-state index in [-0.39, 0.29) is 0 Å². The largest absolute Gasteiger partial charge is 0.377 e. The highest BCUT2D eigenvalue weighted by Crippen LogP contribution is 2.28. The fraction of sp³-hybridized carbons (Fsp3) is 1.00. The minimum absolute atomic E-state index is 0.416. The Morgan fingerprint density at radius 3 is 2.50 bits per heavy atom. The maximum atomic E-state index is 5.57. The third-order valence-corrected chi connectivity index (χ3v) is 3.96.